The van der Waals surface area contributed by atoms with Crippen LogP contribution in [0.1, 0.15) is 43.9 Å². The molecular weight excluding hydrogens is 286 g/mol. The summed E-state index contributed by atoms with van der Waals surface area (Å²) in [6.45, 7) is 14.9. The number of aryl methyl sites for hydroxylation is 1. The summed E-state index contributed by atoms with van der Waals surface area (Å²) < 4.78 is 0. The molecule has 126 valence electrons. The van der Waals surface area contributed by atoms with E-state index in [0.717, 1.165) is 50.4 Å². The van der Waals surface area contributed by atoms with Crippen LogP contribution >= 0.6 is 0 Å². The van der Waals surface area contributed by atoms with Gasteiger partial charge in [0.05, 0.1) is 19.0 Å². The van der Waals surface area contributed by atoms with Gasteiger partial charge >= 0.3 is 0 Å². The molecule has 2 rings (SSSR count). The average Bonchev–Trinajstić information content (AvgIpc) is 2.49. The van der Waals surface area contributed by atoms with Gasteiger partial charge in [0.15, 0.2) is 0 Å². The number of rotatable bonds is 4. The van der Waals surface area contributed by atoms with E-state index in [0.29, 0.717) is 12.2 Å². The number of quaternary nitrogens is 2. The molecule has 0 spiro atoms. The number of benzene rings is 1. The minimum atomic E-state index is -0.0413. The maximum Gasteiger partial charge on any atom is 0.128 e. The lowest BCUT2D eigenvalue weighted by Crippen LogP contribution is -3.27. The average molecular weight is 317 g/mol. The summed E-state index contributed by atoms with van der Waals surface area (Å²) in [7, 11) is 0. The third kappa shape index (κ3) is 4.70. The van der Waals surface area contributed by atoms with Crippen LogP contribution in [0, 0.1) is 18.3 Å². The number of hydrogen-bond donors (Lipinski definition) is 3. The van der Waals surface area contributed by atoms with Crippen LogP contribution in [0.2, 0.25) is 0 Å². The Bertz CT molecular complexity index is 576. The summed E-state index contributed by atoms with van der Waals surface area (Å²) in [5.74, 6) is 0.481. The zero-order valence-electron chi connectivity index (χ0n) is 15.0. The van der Waals surface area contributed by atoms with Crippen molar-refractivity contribution in [1.82, 2.24) is 0 Å². The molecular formula is C19H31N3O+2. The lowest BCUT2D eigenvalue weighted by Gasteiger charge is -2.30. The number of aromatic hydroxyl groups is 1. The van der Waals surface area contributed by atoms with Gasteiger partial charge < -0.3 is 14.9 Å². The molecule has 1 aliphatic heterocycles. The van der Waals surface area contributed by atoms with E-state index in [4.69, 9.17) is 5.26 Å². The van der Waals surface area contributed by atoms with Crippen molar-refractivity contribution >= 4 is 0 Å². The summed E-state index contributed by atoms with van der Waals surface area (Å²) in [6, 6.07) is 6.48. The van der Waals surface area contributed by atoms with Crippen molar-refractivity contribution < 1.29 is 14.9 Å². The van der Waals surface area contributed by atoms with Gasteiger partial charge in [-0.1, -0.05) is 32.4 Å². The lowest BCUT2D eigenvalue weighted by atomic mass is 9.84. The van der Waals surface area contributed by atoms with Crippen LogP contribution in [0.25, 0.3) is 0 Å². The van der Waals surface area contributed by atoms with E-state index in [1.54, 1.807) is 4.90 Å². The molecule has 0 atom stereocenters. The molecule has 3 N–H and O–H groups in total. The van der Waals surface area contributed by atoms with Crippen LogP contribution in [-0.2, 0) is 12.0 Å². The Morgan fingerprint density at radius 3 is 2.30 bits per heavy atom. The molecule has 1 saturated heterocycles. The molecule has 0 bridgehead atoms. The van der Waals surface area contributed by atoms with Crippen LogP contribution in [-0.4, -0.2) is 37.8 Å². The predicted molar refractivity (Wildman–Crippen MR) is 91.7 cm³/mol. The number of phenols is 1. The molecule has 1 fully saturated rings. The monoisotopic (exact) mass is 317 g/mol. The maximum absolute atomic E-state index is 10.7. The van der Waals surface area contributed by atoms with Gasteiger partial charge in [-0.3, -0.25) is 0 Å². The standard InChI is InChI=1S/C19H29N3O/c1-15-12-16(18(23)17(13-15)19(2,3)4)14-22-10-8-21(9-11-22)7-5-6-20/h12-13,23H,5,7-11,14H2,1-4H3/p+2. The highest BCUT2D eigenvalue weighted by Crippen LogP contribution is 2.34. The summed E-state index contributed by atoms with van der Waals surface area (Å²) in [6.07, 6.45) is 0.651. The molecule has 4 heteroatoms. The smallest absolute Gasteiger partial charge is 0.128 e. The Morgan fingerprint density at radius 1 is 1.13 bits per heavy atom. The van der Waals surface area contributed by atoms with Gasteiger partial charge in [0, 0.05) is 5.56 Å². The minimum Gasteiger partial charge on any atom is -0.507 e. The Kier molecular flexibility index (Phi) is 5.67. The van der Waals surface area contributed by atoms with E-state index < -0.39 is 0 Å². The fraction of sp³-hybridized carbons (Fsp3) is 0.632. The first-order valence-corrected chi connectivity index (χ1v) is 8.68. The number of nitrogens with one attached hydrogen (secondary N) is 2. The molecule has 0 radical (unpaired) electrons. The second-order valence-corrected chi connectivity index (χ2v) is 7.91. The van der Waals surface area contributed by atoms with E-state index in [1.165, 1.54) is 10.5 Å². The molecule has 1 aromatic carbocycles. The fourth-order valence-corrected chi connectivity index (χ4v) is 3.45. The van der Waals surface area contributed by atoms with Crippen LogP contribution in [0.5, 0.6) is 5.75 Å². The first-order valence-electron chi connectivity index (χ1n) is 8.68. The highest BCUT2D eigenvalue weighted by molar-refractivity contribution is 5.46. The quantitative estimate of drug-likeness (QED) is 0.743. The van der Waals surface area contributed by atoms with Crippen molar-refractivity contribution in [2.75, 3.05) is 32.7 Å². The summed E-state index contributed by atoms with van der Waals surface area (Å²) in [5, 5.41) is 19.4. The van der Waals surface area contributed by atoms with Gasteiger partial charge in [0.25, 0.3) is 0 Å². The molecule has 0 unspecified atom stereocenters. The van der Waals surface area contributed by atoms with Crippen molar-refractivity contribution in [2.24, 2.45) is 0 Å². The van der Waals surface area contributed by atoms with E-state index >= 15 is 0 Å². The van der Waals surface area contributed by atoms with Crippen LogP contribution in [0.15, 0.2) is 12.1 Å². The van der Waals surface area contributed by atoms with E-state index in [1.807, 2.05) is 0 Å². The number of nitriles is 1. The minimum absolute atomic E-state index is 0.0413. The number of hydrogen-bond acceptors (Lipinski definition) is 2. The molecule has 4 nitrogen and oxygen atoms in total. The van der Waals surface area contributed by atoms with E-state index in [-0.39, 0.29) is 5.41 Å². The van der Waals surface area contributed by atoms with E-state index in [2.05, 4.69) is 45.9 Å². The molecule has 1 heterocycles. The zero-order chi connectivity index (χ0) is 17.0. The SMILES string of the molecule is Cc1cc(C[NH+]2CC[NH+](CCC#N)CC2)c(O)c(C(C)(C)C)c1. The third-order valence-corrected chi connectivity index (χ3v) is 4.84. The summed E-state index contributed by atoms with van der Waals surface area (Å²) in [5.41, 5.74) is 3.30. The zero-order valence-corrected chi connectivity index (χ0v) is 15.0. The highest BCUT2D eigenvalue weighted by atomic mass is 16.3. The molecule has 0 aliphatic carbocycles. The first-order chi connectivity index (χ1) is 10.8. The molecule has 0 aromatic heterocycles. The topological polar surface area (TPSA) is 52.9 Å². The Labute approximate surface area is 140 Å². The van der Waals surface area contributed by atoms with Crippen molar-refractivity contribution in [2.45, 2.75) is 46.1 Å². The molecule has 0 saturated carbocycles. The molecule has 23 heavy (non-hydrogen) atoms. The molecule has 1 aliphatic rings. The van der Waals surface area contributed by atoms with Crippen LogP contribution in [0.3, 0.4) is 0 Å². The molecule has 0 amide bonds. The fourth-order valence-electron chi connectivity index (χ4n) is 3.45. The van der Waals surface area contributed by atoms with Gasteiger partial charge in [0.1, 0.15) is 38.5 Å². The van der Waals surface area contributed by atoms with Crippen molar-refractivity contribution in [3.8, 4) is 11.8 Å². The Balaban J connectivity index is 2.04. The van der Waals surface area contributed by atoms with Gasteiger partial charge in [0.2, 0.25) is 0 Å². The predicted octanol–water partition coefficient (Wildman–Crippen LogP) is 0.195. The molecule has 1 aromatic rings. The van der Waals surface area contributed by atoms with Gasteiger partial charge in [-0.15, -0.1) is 0 Å². The van der Waals surface area contributed by atoms with Gasteiger partial charge in [-0.2, -0.15) is 5.26 Å². The second kappa shape index (κ2) is 7.33. The van der Waals surface area contributed by atoms with E-state index in [9.17, 15) is 5.11 Å². The normalized spacial score (nSPS) is 21.9. The first kappa shape index (κ1) is 17.8. The third-order valence-electron chi connectivity index (χ3n) is 4.84. The lowest BCUT2D eigenvalue weighted by molar-refractivity contribution is -1.02. The van der Waals surface area contributed by atoms with Crippen molar-refractivity contribution in [1.29, 1.82) is 5.26 Å². The Hall–Kier alpha value is -1.57. The number of phenolic OH excluding ortho intramolecular Hbond substituents is 1. The number of piperazine rings is 1. The highest BCUT2D eigenvalue weighted by Gasteiger charge is 2.26. The summed E-state index contributed by atoms with van der Waals surface area (Å²) in [4.78, 5) is 3.07. The Morgan fingerprint density at radius 2 is 1.74 bits per heavy atom. The van der Waals surface area contributed by atoms with Crippen molar-refractivity contribution in [3.05, 3.63) is 28.8 Å². The van der Waals surface area contributed by atoms with Crippen molar-refractivity contribution in [3.63, 3.8) is 0 Å². The number of nitrogens with zero attached hydrogens (tertiary/aromatic N) is 1. The summed E-state index contributed by atoms with van der Waals surface area (Å²) >= 11 is 0. The second-order valence-electron chi connectivity index (χ2n) is 7.91. The van der Waals surface area contributed by atoms with Crippen LogP contribution < -0.4 is 9.80 Å². The van der Waals surface area contributed by atoms with Crippen LogP contribution in [0.4, 0.5) is 0 Å². The van der Waals surface area contributed by atoms with Gasteiger partial charge in [-0.05, 0) is 24.0 Å². The maximum atomic E-state index is 10.7. The van der Waals surface area contributed by atoms with Gasteiger partial charge in [-0.25, -0.2) is 0 Å². The largest absolute Gasteiger partial charge is 0.507 e.